The molecule has 3 saturated carbocycles. The Morgan fingerprint density at radius 2 is 1.70 bits per heavy atom. The molecule has 4 atom stereocenters. The van der Waals surface area contributed by atoms with Gasteiger partial charge >= 0.3 is 0 Å². The van der Waals surface area contributed by atoms with Crippen LogP contribution in [0.4, 0.5) is 0 Å². The van der Waals surface area contributed by atoms with Crippen LogP contribution >= 0.6 is 0 Å². The molecule has 1 aromatic carbocycles. The van der Waals surface area contributed by atoms with Crippen LogP contribution < -0.4 is 0 Å². The van der Waals surface area contributed by atoms with Gasteiger partial charge in [0.1, 0.15) is 6.29 Å². The highest BCUT2D eigenvalue weighted by molar-refractivity contribution is 5.63. The van der Waals surface area contributed by atoms with Gasteiger partial charge in [0, 0.05) is 17.5 Å². The molecule has 3 aliphatic carbocycles. The van der Waals surface area contributed by atoms with E-state index in [-0.39, 0.29) is 11.3 Å². The third kappa shape index (κ3) is 1.29. The largest absolute Gasteiger partial charge is 0.303 e. The highest BCUT2D eigenvalue weighted by atomic mass is 16.1. The van der Waals surface area contributed by atoms with Crippen molar-refractivity contribution in [3.8, 4) is 0 Å². The van der Waals surface area contributed by atoms with Crippen LogP contribution in [-0.4, -0.2) is 11.3 Å². The summed E-state index contributed by atoms with van der Waals surface area (Å²) in [5, 5.41) is 0. The number of pyridine rings is 1. The van der Waals surface area contributed by atoms with E-state index in [1.54, 1.807) is 0 Å². The van der Waals surface area contributed by atoms with E-state index in [0.717, 1.165) is 18.5 Å². The normalized spacial score (nSPS) is 34.5. The van der Waals surface area contributed by atoms with Crippen molar-refractivity contribution in [1.82, 2.24) is 4.98 Å². The van der Waals surface area contributed by atoms with Crippen LogP contribution in [0.1, 0.15) is 24.1 Å². The lowest BCUT2D eigenvalue weighted by Gasteiger charge is -2.54. The van der Waals surface area contributed by atoms with Crippen molar-refractivity contribution in [2.24, 2.45) is 17.8 Å². The highest BCUT2D eigenvalue weighted by Gasteiger charge is 2.67. The molecule has 0 aliphatic heterocycles. The maximum Gasteiger partial charge on any atom is 0.123 e. The van der Waals surface area contributed by atoms with Gasteiger partial charge in [0.25, 0.3) is 0 Å². The van der Waals surface area contributed by atoms with Gasteiger partial charge in [-0.15, -0.1) is 0 Å². The number of hydrogen-bond acceptors (Lipinski definition) is 2. The van der Waals surface area contributed by atoms with Gasteiger partial charge in [-0.05, 0) is 42.4 Å². The summed E-state index contributed by atoms with van der Waals surface area (Å²) in [4.78, 5) is 16.0. The van der Waals surface area contributed by atoms with Gasteiger partial charge in [0.2, 0.25) is 0 Å². The van der Waals surface area contributed by atoms with Crippen molar-refractivity contribution in [1.29, 1.82) is 0 Å². The van der Waals surface area contributed by atoms with Crippen LogP contribution in [0.2, 0.25) is 0 Å². The van der Waals surface area contributed by atoms with Crippen molar-refractivity contribution in [3.63, 3.8) is 0 Å². The maximum atomic E-state index is 11.4. The van der Waals surface area contributed by atoms with Gasteiger partial charge in [-0.2, -0.15) is 0 Å². The number of fused-ring (bicyclic) bond motifs is 1. The first-order valence-corrected chi connectivity index (χ1v) is 7.31. The quantitative estimate of drug-likeness (QED) is 0.796. The van der Waals surface area contributed by atoms with E-state index in [0.29, 0.717) is 11.8 Å². The Labute approximate surface area is 118 Å². The first kappa shape index (κ1) is 11.8. The average molecular weight is 263 g/mol. The molecule has 5 rings (SSSR count). The van der Waals surface area contributed by atoms with Gasteiger partial charge in [-0.1, -0.05) is 36.4 Å². The van der Waals surface area contributed by atoms with Crippen LogP contribution in [0.15, 0.2) is 54.7 Å². The number of aldehydes is 1. The Kier molecular flexibility index (Phi) is 2.53. The summed E-state index contributed by atoms with van der Waals surface area (Å²) < 4.78 is 0. The minimum atomic E-state index is -0.0336. The van der Waals surface area contributed by atoms with E-state index in [4.69, 9.17) is 0 Å². The predicted molar refractivity (Wildman–Crippen MR) is 77.2 cm³/mol. The molecule has 1 aromatic heterocycles. The van der Waals surface area contributed by atoms with Gasteiger partial charge in [0.05, 0.1) is 5.69 Å². The van der Waals surface area contributed by atoms with Crippen molar-refractivity contribution < 1.29 is 4.79 Å². The minimum Gasteiger partial charge on any atom is -0.303 e. The van der Waals surface area contributed by atoms with Crippen molar-refractivity contribution in [3.05, 3.63) is 66.0 Å². The summed E-state index contributed by atoms with van der Waals surface area (Å²) in [6.45, 7) is 0. The molecule has 3 fully saturated rings. The van der Waals surface area contributed by atoms with E-state index < -0.39 is 0 Å². The number of carbonyl (C=O) groups is 1. The molecule has 2 nitrogen and oxygen atoms in total. The molecule has 0 spiro atoms. The monoisotopic (exact) mass is 263 g/mol. The molecule has 2 unspecified atom stereocenters. The van der Waals surface area contributed by atoms with Gasteiger partial charge in [-0.3, -0.25) is 4.98 Å². The standard InChI is InChI=1S/C18H17NO/c20-12-14-15-9-10-16(14)18(15,13-6-2-1-3-7-13)17-8-4-5-11-19-17/h1-8,11-12,14-16H,9-10H2/t14?,15-,16+,18?. The molecule has 100 valence electrons. The first-order valence-electron chi connectivity index (χ1n) is 7.31. The molecular weight excluding hydrogens is 246 g/mol. The van der Waals surface area contributed by atoms with Crippen LogP contribution in [0.25, 0.3) is 0 Å². The Bertz CT molecular complexity index is 569. The zero-order chi connectivity index (χ0) is 13.6. The molecule has 0 radical (unpaired) electrons. The zero-order valence-corrected chi connectivity index (χ0v) is 11.3. The molecule has 0 N–H and O–H groups in total. The second-order valence-electron chi connectivity index (χ2n) is 5.95. The highest BCUT2D eigenvalue weighted by Crippen LogP contribution is 2.68. The van der Waals surface area contributed by atoms with E-state index in [2.05, 4.69) is 41.4 Å². The molecule has 0 amide bonds. The van der Waals surface area contributed by atoms with Gasteiger partial charge < -0.3 is 4.79 Å². The fraction of sp³-hybridized carbons (Fsp3) is 0.333. The van der Waals surface area contributed by atoms with Crippen molar-refractivity contribution in [2.75, 3.05) is 0 Å². The second-order valence-corrected chi connectivity index (χ2v) is 5.95. The summed E-state index contributed by atoms with van der Waals surface area (Å²) in [5.74, 6) is 1.06. The molecule has 3 aliphatic rings. The lowest BCUT2D eigenvalue weighted by atomic mass is 9.48. The van der Waals surface area contributed by atoms with E-state index in [1.807, 2.05) is 18.3 Å². The average Bonchev–Trinajstić information content (AvgIpc) is 3.11. The molecule has 0 saturated heterocycles. The Morgan fingerprint density at radius 1 is 1.00 bits per heavy atom. The van der Waals surface area contributed by atoms with Crippen LogP contribution in [0, 0.1) is 17.8 Å². The van der Waals surface area contributed by atoms with E-state index in [1.165, 1.54) is 11.8 Å². The fourth-order valence-corrected chi connectivity index (χ4v) is 4.71. The maximum absolute atomic E-state index is 11.4. The molecule has 20 heavy (non-hydrogen) atoms. The van der Waals surface area contributed by atoms with Crippen molar-refractivity contribution in [2.45, 2.75) is 18.3 Å². The first-order chi connectivity index (χ1) is 9.89. The van der Waals surface area contributed by atoms with E-state index >= 15 is 0 Å². The Hall–Kier alpha value is -1.96. The third-order valence-corrected chi connectivity index (χ3v) is 5.38. The topological polar surface area (TPSA) is 30.0 Å². The smallest absolute Gasteiger partial charge is 0.123 e. The number of nitrogens with zero attached hydrogens (tertiary/aromatic N) is 1. The van der Waals surface area contributed by atoms with E-state index in [9.17, 15) is 4.79 Å². The second kappa shape index (κ2) is 4.27. The van der Waals surface area contributed by atoms with Gasteiger partial charge in [-0.25, -0.2) is 0 Å². The lowest BCUT2D eigenvalue weighted by molar-refractivity contribution is -0.120. The molecule has 2 bridgehead atoms. The zero-order valence-electron chi connectivity index (χ0n) is 11.3. The minimum absolute atomic E-state index is 0.0336. The SMILES string of the molecule is O=CC1[C@H]2CC[C@@H]1C2(c1ccccc1)c1ccccn1. The molecular formula is C18H17NO. The summed E-state index contributed by atoms with van der Waals surface area (Å²) in [6.07, 6.45) is 5.32. The Morgan fingerprint density at radius 3 is 2.30 bits per heavy atom. The summed E-state index contributed by atoms with van der Waals surface area (Å²) in [5.41, 5.74) is 2.43. The van der Waals surface area contributed by atoms with Crippen LogP contribution in [-0.2, 0) is 10.2 Å². The molecule has 2 aromatic rings. The Balaban J connectivity index is 1.91. The number of hydrogen-bond donors (Lipinski definition) is 0. The number of benzene rings is 1. The van der Waals surface area contributed by atoms with Gasteiger partial charge in [0.15, 0.2) is 0 Å². The van der Waals surface area contributed by atoms with Crippen molar-refractivity contribution >= 4 is 6.29 Å². The molecule has 2 heteroatoms. The fourth-order valence-electron chi connectivity index (χ4n) is 4.71. The number of carbonyl (C=O) groups excluding carboxylic acids is 1. The number of aromatic nitrogens is 1. The predicted octanol–water partition coefficient (Wildman–Crippen LogP) is 3.22. The number of rotatable bonds is 3. The molecule has 1 heterocycles. The lowest BCUT2D eigenvalue weighted by Crippen LogP contribution is -2.56. The van der Waals surface area contributed by atoms with Crippen LogP contribution in [0.3, 0.4) is 0 Å². The summed E-state index contributed by atoms with van der Waals surface area (Å²) >= 11 is 0. The summed E-state index contributed by atoms with van der Waals surface area (Å²) in [6, 6.07) is 16.8. The van der Waals surface area contributed by atoms with Crippen LogP contribution in [0.5, 0.6) is 0 Å². The third-order valence-electron chi connectivity index (χ3n) is 5.38. The summed E-state index contributed by atoms with van der Waals surface area (Å²) in [7, 11) is 0.